The van der Waals surface area contributed by atoms with Crippen molar-refractivity contribution in [2.75, 3.05) is 44.2 Å². The van der Waals surface area contributed by atoms with E-state index in [4.69, 9.17) is 0 Å². The van der Waals surface area contributed by atoms with Crippen LogP contribution in [0.4, 0.5) is 0 Å². The Balaban J connectivity index is 2.32. The molecule has 16 heavy (non-hydrogen) atoms. The molecule has 0 aromatic carbocycles. The van der Waals surface area contributed by atoms with Gasteiger partial charge in [0.25, 0.3) is 0 Å². The van der Waals surface area contributed by atoms with Crippen molar-refractivity contribution in [3.63, 3.8) is 0 Å². The molecule has 96 valence electrons. The summed E-state index contributed by atoms with van der Waals surface area (Å²) in [6.07, 6.45) is 0.261. The number of aliphatic hydroxyl groups excluding tert-OH is 1. The molecule has 2 N–H and O–H groups in total. The molecule has 1 heterocycles. The average Bonchev–Trinajstić information content (AvgIpc) is 2.37. The second kappa shape index (κ2) is 6.54. The van der Waals surface area contributed by atoms with Gasteiger partial charge in [0, 0.05) is 19.6 Å². The van der Waals surface area contributed by atoms with Gasteiger partial charge in [-0.1, -0.05) is 6.92 Å². The number of rotatable bonds is 5. The summed E-state index contributed by atoms with van der Waals surface area (Å²) in [5.74, 6) is 0.508. The van der Waals surface area contributed by atoms with E-state index in [1.54, 1.807) is 0 Å². The van der Waals surface area contributed by atoms with E-state index < -0.39 is 15.9 Å². The first-order valence-electron chi connectivity index (χ1n) is 5.85. The summed E-state index contributed by atoms with van der Waals surface area (Å²) in [5.41, 5.74) is 0. The van der Waals surface area contributed by atoms with E-state index in [2.05, 4.69) is 5.32 Å². The van der Waals surface area contributed by atoms with Crippen LogP contribution in [-0.2, 0) is 9.84 Å². The Kier molecular flexibility index (Phi) is 5.68. The van der Waals surface area contributed by atoms with Crippen LogP contribution in [0, 0.1) is 0 Å². The molecule has 1 saturated heterocycles. The molecule has 1 rings (SSSR count). The highest BCUT2D eigenvalue weighted by molar-refractivity contribution is 7.91. The second-order valence-electron chi connectivity index (χ2n) is 4.27. The lowest BCUT2D eigenvalue weighted by Crippen LogP contribution is -2.39. The quantitative estimate of drug-likeness (QED) is 0.660. The highest BCUT2D eigenvalue weighted by atomic mass is 32.2. The fourth-order valence-corrected chi connectivity index (χ4v) is 3.16. The van der Waals surface area contributed by atoms with Gasteiger partial charge in [0.05, 0.1) is 17.6 Å². The van der Waals surface area contributed by atoms with E-state index >= 15 is 0 Å². The predicted octanol–water partition coefficient (Wildman–Crippen LogP) is -0.923. The number of hydrogen-bond donors (Lipinski definition) is 2. The largest absolute Gasteiger partial charge is 0.390 e. The summed E-state index contributed by atoms with van der Waals surface area (Å²) in [4.78, 5) is 2.03. The molecule has 5 nitrogen and oxygen atoms in total. The molecule has 0 saturated carbocycles. The Morgan fingerprint density at radius 1 is 1.38 bits per heavy atom. The Hall–Kier alpha value is -0.170. The molecule has 0 aromatic heterocycles. The molecular formula is C10H22N2O3S. The number of likely N-dealkylation sites (N-methyl/N-ethyl adjacent to an activating group) is 1. The van der Waals surface area contributed by atoms with Crippen molar-refractivity contribution in [3.05, 3.63) is 0 Å². The van der Waals surface area contributed by atoms with Crippen LogP contribution in [0.25, 0.3) is 0 Å². The standard InChI is InChI=1S/C10H22N2O3S/c1-2-11-8-10(13)9-12-4-3-6-16(14,15)7-5-12/h10-11,13H,2-9H2,1H3. The van der Waals surface area contributed by atoms with E-state index in [-0.39, 0.29) is 11.5 Å². The Morgan fingerprint density at radius 2 is 2.12 bits per heavy atom. The summed E-state index contributed by atoms with van der Waals surface area (Å²) < 4.78 is 22.7. The van der Waals surface area contributed by atoms with Crippen molar-refractivity contribution in [1.29, 1.82) is 0 Å². The smallest absolute Gasteiger partial charge is 0.151 e. The van der Waals surface area contributed by atoms with Gasteiger partial charge < -0.3 is 10.4 Å². The van der Waals surface area contributed by atoms with Crippen molar-refractivity contribution >= 4 is 9.84 Å². The summed E-state index contributed by atoms with van der Waals surface area (Å²) in [6.45, 7) is 5.27. The van der Waals surface area contributed by atoms with Gasteiger partial charge in [-0.3, -0.25) is 4.90 Å². The van der Waals surface area contributed by atoms with Crippen LogP contribution in [0.5, 0.6) is 0 Å². The first-order valence-corrected chi connectivity index (χ1v) is 7.67. The molecule has 0 bridgehead atoms. The van der Waals surface area contributed by atoms with Crippen molar-refractivity contribution in [2.24, 2.45) is 0 Å². The SMILES string of the molecule is CCNCC(O)CN1CCCS(=O)(=O)CC1. The third-order valence-electron chi connectivity index (χ3n) is 2.75. The third-order valence-corrected chi connectivity index (χ3v) is 4.46. The summed E-state index contributed by atoms with van der Waals surface area (Å²) in [5, 5.41) is 12.8. The van der Waals surface area contributed by atoms with Gasteiger partial charge in [0.2, 0.25) is 0 Å². The van der Waals surface area contributed by atoms with E-state index in [1.165, 1.54) is 0 Å². The zero-order valence-electron chi connectivity index (χ0n) is 9.85. The van der Waals surface area contributed by atoms with Gasteiger partial charge in [-0.05, 0) is 19.5 Å². The van der Waals surface area contributed by atoms with Gasteiger partial charge in [0.1, 0.15) is 0 Å². The molecule has 1 aliphatic heterocycles. The number of sulfone groups is 1. The Bertz CT molecular complexity index is 292. The lowest BCUT2D eigenvalue weighted by molar-refractivity contribution is 0.116. The maximum Gasteiger partial charge on any atom is 0.151 e. The lowest BCUT2D eigenvalue weighted by atomic mass is 10.3. The fourth-order valence-electron chi connectivity index (χ4n) is 1.85. The van der Waals surface area contributed by atoms with E-state index in [0.29, 0.717) is 26.1 Å². The fraction of sp³-hybridized carbons (Fsp3) is 1.00. The van der Waals surface area contributed by atoms with Gasteiger partial charge >= 0.3 is 0 Å². The van der Waals surface area contributed by atoms with Crippen molar-refractivity contribution < 1.29 is 13.5 Å². The van der Waals surface area contributed by atoms with Crippen molar-refractivity contribution in [3.8, 4) is 0 Å². The molecule has 0 amide bonds. The summed E-state index contributed by atoms with van der Waals surface area (Å²) >= 11 is 0. The second-order valence-corrected chi connectivity index (χ2v) is 6.57. The number of β-amino-alcohol motifs (C(OH)–C–C–N with tert-alkyl or cyclic N) is 1. The molecule has 1 atom stereocenters. The molecule has 0 radical (unpaired) electrons. The van der Waals surface area contributed by atoms with Crippen LogP contribution in [0.3, 0.4) is 0 Å². The predicted molar refractivity (Wildman–Crippen MR) is 64.3 cm³/mol. The topological polar surface area (TPSA) is 69.6 Å². The minimum atomic E-state index is -2.84. The number of nitrogens with one attached hydrogen (secondary N) is 1. The monoisotopic (exact) mass is 250 g/mol. The van der Waals surface area contributed by atoms with Gasteiger partial charge in [-0.25, -0.2) is 8.42 Å². The van der Waals surface area contributed by atoms with Crippen LogP contribution in [0.1, 0.15) is 13.3 Å². The van der Waals surface area contributed by atoms with Crippen molar-refractivity contribution in [2.45, 2.75) is 19.4 Å². The number of nitrogens with zero attached hydrogens (tertiary/aromatic N) is 1. The first kappa shape index (κ1) is 13.9. The maximum absolute atomic E-state index is 11.4. The highest BCUT2D eigenvalue weighted by Gasteiger charge is 2.20. The minimum Gasteiger partial charge on any atom is -0.390 e. The maximum atomic E-state index is 11.4. The highest BCUT2D eigenvalue weighted by Crippen LogP contribution is 2.05. The third kappa shape index (κ3) is 5.25. The number of aliphatic hydroxyl groups is 1. The van der Waals surface area contributed by atoms with Crippen LogP contribution >= 0.6 is 0 Å². The molecule has 1 fully saturated rings. The average molecular weight is 250 g/mol. The van der Waals surface area contributed by atoms with Crippen LogP contribution in [-0.4, -0.2) is 68.8 Å². The zero-order chi connectivity index (χ0) is 12.0. The molecule has 0 aromatic rings. The van der Waals surface area contributed by atoms with Gasteiger partial charge in [-0.15, -0.1) is 0 Å². The first-order chi connectivity index (χ1) is 7.53. The van der Waals surface area contributed by atoms with Gasteiger partial charge in [0.15, 0.2) is 9.84 Å². The molecule has 0 spiro atoms. The summed E-state index contributed by atoms with van der Waals surface area (Å²) in [6, 6.07) is 0. The van der Waals surface area contributed by atoms with E-state index in [1.807, 2.05) is 11.8 Å². The normalized spacial score (nSPS) is 23.9. The molecule has 0 aliphatic carbocycles. The van der Waals surface area contributed by atoms with Gasteiger partial charge in [-0.2, -0.15) is 0 Å². The molecule has 1 aliphatic rings. The summed E-state index contributed by atoms with van der Waals surface area (Å²) in [7, 11) is -2.84. The van der Waals surface area contributed by atoms with E-state index in [9.17, 15) is 13.5 Å². The molecule has 6 heteroatoms. The van der Waals surface area contributed by atoms with Crippen LogP contribution in [0.15, 0.2) is 0 Å². The zero-order valence-corrected chi connectivity index (χ0v) is 10.7. The van der Waals surface area contributed by atoms with Crippen LogP contribution < -0.4 is 5.32 Å². The van der Waals surface area contributed by atoms with Crippen LogP contribution in [0.2, 0.25) is 0 Å². The van der Waals surface area contributed by atoms with Crippen molar-refractivity contribution in [1.82, 2.24) is 10.2 Å². The lowest BCUT2D eigenvalue weighted by Gasteiger charge is -2.22. The van der Waals surface area contributed by atoms with E-state index in [0.717, 1.165) is 13.1 Å². The Morgan fingerprint density at radius 3 is 2.81 bits per heavy atom. The minimum absolute atomic E-state index is 0.223. The molecular weight excluding hydrogens is 228 g/mol. The number of hydrogen-bond acceptors (Lipinski definition) is 5. The Labute approximate surface area is 97.7 Å². The molecule has 1 unspecified atom stereocenters.